The van der Waals surface area contributed by atoms with Crippen molar-refractivity contribution in [2.24, 2.45) is 22.3 Å². The number of hydrogen-bond donors (Lipinski definition) is 2. The molecule has 17 heavy (non-hydrogen) atoms. The molecule has 0 amide bonds. The highest BCUT2D eigenvalue weighted by molar-refractivity contribution is 5.35. The highest BCUT2D eigenvalue weighted by Gasteiger charge is 2.36. The minimum absolute atomic E-state index is 0.0382. The van der Waals surface area contributed by atoms with Crippen LogP contribution in [-0.2, 0) is 0 Å². The van der Waals surface area contributed by atoms with Crippen LogP contribution in [-0.4, -0.2) is 0 Å². The van der Waals surface area contributed by atoms with Gasteiger partial charge >= 0.3 is 0 Å². The molecule has 0 saturated heterocycles. The van der Waals surface area contributed by atoms with Gasteiger partial charge in [-0.15, -0.1) is 0 Å². The Hall–Kier alpha value is -1.18. The quantitative estimate of drug-likeness (QED) is 0.768. The van der Waals surface area contributed by atoms with E-state index in [1.807, 2.05) is 26.0 Å². The van der Waals surface area contributed by atoms with Crippen molar-refractivity contribution >= 4 is 0 Å². The van der Waals surface area contributed by atoms with E-state index in [-0.39, 0.29) is 10.8 Å². The van der Waals surface area contributed by atoms with Crippen molar-refractivity contribution in [3.8, 4) is 0 Å². The van der Waals surface area contributed by atoms with Gasteiger partial charge in [-0.3, -0.25) is 0 Å². The minimum atomic E-state index is -0.0382. The van der Waals surface area contributed by atoms with Crippen molar-refractivity contribution in [1.29, 1.82) is 0 Å². The molecule has 0 fully saturated rings. The lowest BCUT2D eigenvalue weighted by Crippen LogP contribution is -2.31. The third-order valence-electron chi connectivity index (χ3n) is 3.76. The van der Waals surface area contributed by atoms with E-state index in [0.717, 1.165) is 17.8 Å². The molecule has 1 aliphatic carbocycles. The molecule has 0 radical (unpaired) electrons. The zero-order chi connectivity index (χ0) is 13.7. The third kappa shape index (κ3) is 3.65. The summed E-state index contributed by atoms with van der Waals surface area (Å²) in [6, 6.07) is 0. The van der Waals surface area contributed by atoms with Gasteiger partial charge in [0.2, 0.25) is 0 Å². The standard InChI is InChI=1S/C13H22N2.C2H6/c1-5-12(2,3)13(4)7-6-10(14)8-11(15)9-13;1-2/h6-9H,5,14-15H2,1-4H3;1-2H3. The molecule has 1 rings (SSSR count). The summed E-state index contributed by atoms with van der Waals surface area (Å²) in [6.07, 6.45) is 9.12. The molecule has 0 aromatic carbocycles. The molecule has 4 N–H and O–H groups in total. The summed E-state index contributed by atoms with van der Waals surface area (Å²) < 4.78 is 0. The van der Waals surface area contributed by atoms with Gasteiger partial charge in [-0.2, -0.15) is 0 Å². The summed E-state index contributed by atoms with van der Waals surface area (Å²) in [4.78, 5) is 0. The highest BCUT2D eigenvalue weighted by Crippen LogP contribution is 2.45. The molecule has 0 bridgehead atoms. The van der Waals surface area contributed by atoms with Crippen molar-refractivity contribution in [3.05, 3.63) is 35.7 Å². The fourth-order valence-corrected chi connectivity index (χ4v) is 1.75. The highest BCUT2D eigenvalue weighted by atomic mass is 14.6. The first-order chi connectivity index (χ1) is 7.81. The van der Waals surface area contributed by atoms with Gasteiger partial charge in [0.1, 0.15) is 0 Å². The maximum atomic E-state index is 5.92. The molecule has 0 saturated carbocycles. The molecule has 0 aliphatic heterocycles. The van der Waals surface area contributed by atoms with E-state index in [1.165, 1.54) is 0 Å². The van der Waals surface area contributed by atoms with E-state index in [1.54, 1.807) is 0 Å². The number of allylic oxidation sites excluding steroid dienone is 4. The van der Waals surface area contributed by atoms with Crippen LogP contribution in [0.3, 0.4) is 0 Å². The van der Waals surface area contributed by atoms with E-state index in [4.69, 9.17) is 11.5 Å². The summed E-state index contributed by atoms with van der Waals surface area (Å²) in [6.45, 7) is 12.9. The van der Waals surface area contributed by atoms with Crippen molar-refractivity contribution in [3.63, 3.8) is 0 Å². The second kappa shape index (κ2) is 5.95. The van der Waals surface area contributed by atoms with Crippen molar-refractivity contribution in [1.82, 2.24) is 0 Å². The Morgan fingerprint density at radius 2 is 1.71 bits per heavy atom. The zero-order valence-electron chi connectivity index (χ0n) is 12.2. The maximum Gasteiger partial charge on any atom is 0.0331 e. The molecular formula is C15H28N2. The van der Waals surface area contributed by atoms with Crippen LogP contribution >= 0.6 is 0 Å². The monoisotopic (exact) mass is 236 g/mol. The molecule has 2 nitrogen and oxygen atoms in total. The van der Waals surface area contributed by atoms with Crippen molar-refractivity contribution < 1.29 is 0 Å². The molecule has 1 unspecified atom stereocenters. The van der Waals surface area contributed by atoms with E-state index < -0.39 is 0 Å². The Kier molecular flexibility index (Phi) is 5.53. The van der Waals surface area contributed by atoms with Crippen molar-refractivity contribution in [2.45, 2.75) is 48.0 Å². The van der Waals surface area contributed by atoms with Crippen LogP contribution in [0.5, 0.6) is 0 Å². The van der Waals surface area contributed by atoms with Gasteiger partial charge in [-0.1, -0.05) is 53.7 Å². The lowest BCUT2D eigenvalue weighted by molar-refractivity contribution is 0.190. The SMILES string of the molecule is CC.CCC(C)(C)C1(C)C=CC(N)=CC(N)=C1. The van der Waals surface area contributed by atoms with Crippen LogP contribution in [0.15, 0.2) is 35.7 Å². The van der Waals surface area contributed by atoms with Gasteiger partial charge in [0.05, 0.1) is 0 Å². The molecule has 0 heterocycles. The molecule has 1 aliphatic rings. The van der Waals surface area contributed by atoms with Crippen LogP contribution in [0.1, 0.15) is 48.0 Å². The van der Waals surface area contributed by atoms with Gasteiger partial charge < -0.3 is 11.5 Å². The first-order valence-electron chi connectivity index (χ1n) is 6.45. The summed E-state index contributed by atoms with van der Waals surface area (Å²) in [7, 11) is 0. The second-order valence-electron chi connectivity index (χ2n) is 5.14. The smallest absolute Gasteiger partial charge is 0.0331 e. The minimum Gasteiger partial charge on any atom is -0.399 e. The van der Waals surface area contributed by atoms with E-state index in [0.29, 0.717) is 0 Å². The fraction of sp³-hybridized carbons (Fsp3) is 0.600. The van der Waals surface area contributed by atoms with E-state index in [9.17, 15) is 0 Å². The lowest BCUT2D eigenvalue weighted by Gasteiger charge is -2.39. The Labute approximate surface area is 106 Å². The second-order valence-corrected chi connectivity index (χ2v) is 5.14. The first kappa shape index (κ1) is 15.8. The van der Waals surface area contributed by atoms with Gasteiger partial charge in [0.15, 0.2) is 0 Å². The largest absolute Gasteiger partial charge is 0.399 e. The van der Waals surface area contributed by atoms with Crippen LogP contribution in [0.25, 0.3) is 0 Å². The molecule has 1 atom stereocenters. The summed E-state index contributed by atoms with van der Waals surface area (Å²) >= 11 is 0. The maximum absolute atomic E-state index is 5.92. The van der Waals surface area contributed by atoms with E-state index >= 15 is 0 Å². The number of nitrogens with two attached hydrogens (primary N) is 2. The molecule has 0 spiro atoms. The van der Waals surface area contributed by atoms with Gasteiger partial charge in [-0.25, -0.2) is 0 Å². The van der Waals surface area contributed by atoms with Crippen LogP contribution in [0, 0.1) is 10.8 Å². The predicted octanol–water partition coefficient (Wildman–Crippen LogP) is 3.71. The number of rotatable bonds is 2. The lowest BCUT2D eigenvalue weighted by atomic mass is 9.65. The normalized spacial score (nSPS) is 24.1. The average Bonchev–Trinajstić information content (AvgIpc) is 2.41. The summed E-state index contributed by atoms with van der Waals surface area (Å²) in [5, 5.41) is 0. The molecule has 0 aromatic heterocycles. The van der Waals surface area contributed by atoms with Crippen LogP contribution in [0.4, 0.5) is 0 Å². The van der Waals surface area contributed by atoms with E-state index in [2.05, 4.69) is 39.8 Å². The Morgan fingerprint density at radius 1 is 1.18 bits per heavy atom. The molecular weight excluding hydrogens is 208 g/mol. The van der Waals surface area contributed by atoms with Gasteiger partial charge in [-0.05, 0) is 24.0 Å². The summed E-state index contributed by atoms with van der Waals surface area (Å²) in [5.41, 5.74) is 13.3. The van der Waals surface area contributed by atoms with Crippen LogP contribution in [0.2, 0.25) is 0 Å². The van der Waals surface area contributed by atoms with Gasteiger partial charge in [0.25, 0.3) is 0 Å². The molecule has 0 aromatic rings. The molecule has 2 heteroatoms. The average molecular weight is 236 g/mol. The Morgan fingerprint density at radius 3 is 2.18 bits per heavy atom. The van der Waals surface area contributed by atoms with Crippen LogP contribution < -0.4 is 11.5 Å². The Balaban J connectivity index is 0.00000121. The Bertz CT molecular complexity index is 335. The fourth-order valence-electron chi connectivity index (χ4n) is 1.75. The molecule has 98 valence electrons. The first-order valence-corrected chi connectivity index (χ1v) is 6.45. The summed E-state index contributed by atoms with van der Waals surface area (Å²) in [5.74, 6) is 0. The van der Waals surface area contributed by atoms with Crippen molar-refractivity contribution in [2.75, 3.05) is 0 Å². The third-order valence-corrected chi connectivity index (χ3v) is 3.76. The zero-order valence-corrected chi connectivity index (χ0v) is 12.2. The topological polar surface area (TPSA) is 52.0 Å². The van der Waals surface area contributed by atoms with Gasteiger partial charge in [0, 0.05) is 16.8 Å². The predicted molar refractivity (Wildman–Crippen MR) is 77.2 cm³/mol. The number of hydrogen-bond acceptors (Lipinski definition) is 2.